The van der Waals surface area contributed by atoms with Gasteiger partial charge in [0.25, 0.3) is 0 Å². The first-order chi connectivity index (χ1) is 8.07. The van der Waals surface area contributed by atoms with Gasteiger partial charge in [0, 0.05) is 28.8 Å². The highest BCUT2D eigenvalue weighted by molar-refractivity contribution is 6.33. The molecule has 0 aliphatic carbocycles. The van der Waals surface area contributed by atoms with Gasteiger partial charge in [-0.1, -0.05) is 25.6 Å². The maximum Gasteiger partial charge on any atom is 0.157 e. The minimum Gasteiger partial charge on any atom is -0.300 e. The summed E-state index contributed by atoms with van der Waals surface area (Å²) in [4.78, 5) is 22.7. The van der Waals surface area contributed by atoms with E-state index in [1.807, 2.05) is 0 Å². The van der Waals surface area contributed by atoms with Gasteiger partial charge < -0.3 is 0 Å². The van der Waals surface area contributed by atoms with E-state index in [1.165, 1.54) is 6.04 Å². The molecule has 0 aliphatic heterocycles. The van der Waals surface area contributed by atoms with Crippen molar-refractivity contribution in [1.82, 2.24) is 0 Å². The third-order valence-corrected chi connectivity index (χ3v) is 3.57. The Morgan fingerprint density at radius 3 is 2.18 bits per heavy atom. The zero-order chi connectivity index (χ0) is 13.1. The van der Waals surface area contributed by atoms with Crippen LogP contribution in [0.5, 0.6) is 0 Å². The second-order valence-corrected chi connectivity index (χ2v) is 5.72. The Kier molecular flexibility index (Phi) is 10.0. The molecule has 96 valence electrons. The van der Waals surface area contributed by atoms with Crippen molar-refractivity contribution in [3.05, 3.63) is 12.2 Å². The molecular weight excluding hydrogens is 228 g/mol. The average molecular weight is 252 g/mol. The lowest BCUT2D eigenvalue weighted by Crippen LogP contribution is -2.00. The number of unbranched alkanes of at least 4 members (excludes halogenated alkanes) is 2. The van der Waals surface area contributed by atoms with E-state index in [9.17, 15) is 9.59 Å². The molecule has 0 fully saturated rings. The van der Waals surface area contributed by atoms with Crippen LogP contribution in [-0.2, 0) is 9.59 Å². The first-order valence-electron chi connectivity index (χ1n) is 6.43. The highest BCUT2D eigenvalue weighted by Gasteiger charge is 2.04. The van der Waals surface area contributed by atoms with Gasteiger partial charge in [0.1, 0.15) is 5.78 Å². The van der Waals surface area contributed by atoms with Crippen LogP contribution in [-0.4, -0.2) is 21.1 Å². The summed E-state index contributed by atoms with van der Waals surface area (Å²) in [6, 6.07) is 1.18. The van der Waals surface area contributed by atoms with E-state index < -0.39 is 0 Å². The molecule has 0 amide bonds. The van der Waals surface area contributed by atoms with E-state index in [2.05, 4.69) is 13.1 Å². The number of ketones is 2. The molecule has 0 aromatic heterocycles. The smallest absolute Gasteiger partial charge is 0.157 e. The molecule has 2 nitrogen and oxygen atoms in total. The highest BCUT2D eigenvalue weighted by Crippen LogP contribution is 2.09. The van der Waals surface area contributed by atoms with Crippen molar-refractivity contribution in [3.8, 4) is 0 Å². The van der Waals surface area contributed by atoms with Crippen LogP contribution in [0, 0.1) is 0 Å². The van der Waals surface area contributed by atoms with Crippen molar-refractivity contribution in [2.24, 2.45) is 0 Å². The van der Waals surface area contributed by atoms with Gasteiger partial charge in [-0.2, -0.15) is 0 Å². The summed E-state index contributed by atoms with van der Waals surface area (Å²) in [7, 11) is 0.956. The Hall–Kier alpha value is -0.703. The lowest BCUT2D eigenvalue weighted by molar-refractivity contribution is -0.119. The molecule has 0 aromatic carbocycles. The predicted octanol–water partition coefficient (Wildman–Crippen LogP) is 3.60. The fourth-order valence-electron chi connectivity index (χ4n) is 1.59. The number of carbonyl (C=O) groups is 2. The van der Waals surface area contributed by atoms with Crippen LogP contribution in [0.3, 0.4) is 0 Å². The molecule has 0 atom stereocenters. The molecule has 0 saturated heterocycles. The molecule has 0 heterocycles. The third-order valence-electron chi connectivity index (χ3n) is 2.72. The minimum atomic E-state index is 0.153. The standard InChI is InChI=1S/C14H24O2Si/c1-12(2)14(16)10-6-4-5-8-13(15)9-7-11-17-3/h1,4-11H2,2-3H3. The number of allylic oxidation sites excluding steroid dienone is 1. The van der Waals surface area contributed by atoms with Crippen molar-refractivity contribution in [2.75, 3.05) is 0 Å². The molecular formula is C14H24O2Si. The summed E-state index contributed by atoms with van der Waals surface area (Å²) in [5.41, 5.74) is 0.640. The predicted molar refractivity (Wildman–Crippen MR) is 73.6 cm³/mol. The molecule has 17 heavy (non-hydrogen) atoms. The summed E-state index contributed by atoms with van der Waals surface area (Å²) < 4.78 is 0. The molecule has 0 unspecified atom stereocenters. The normalized spacial score (nSPS) is 10.2. The van der Waals surface area contributed by atoms with Gasteiger partial charge in [-0.3, -0.25) is 9.59 Å². The van der Waals surface area contributed by atoms with E-state index in [0.717, 1.165) is 41.6 Å². The molecule has 0 spiro atoms. The quantitative estimate of drug-likeness (QED) is 0.320. The molecule has 0 bridgehead atoms. The second-order valence-electron chi connectivity index (χ2n) is 4.51. The summed E-state index contributed by atoms with van der Waals surface area (Å²) >= 11 is 0. The van der Waals surface area contributed by atoms with Crippen LogP contribution in [0.4, 0.5) is 0 Å². The number of rotatable bonds is 11. The van der Waals surface area contributed by atoms with Crippen molar-refractivity contribution in [1.29, 1.82) is 0 Å². The van der Waals surface area contributed by atoms with E-state index >= 15 is 0 Å². The van der Waals surface area contributed by atoms with Crippen LogP contribution in [0.1, 0.15) is 51.9 Å². The van der Waals surface area contributed by atoms with Gasteiger partial charge in [-0.15, -0.1) is 0 Å². The largest absolute Gasteiger partial charge is 0.300 e. The monoisotopic (exact) mass is 252 g/mol. The van der Waals surface area contributed by atoms with Gasteiger partial charge >= 0.3 is 0 Å². The molecule has 3 heteroatoms. The maximum atomic E-state index is 11.4. The average Bonchev–Trinajstić information content (AvgIpc) is 2.28. The summed E-state index contributed by atoms with van der Waals surface area (Å²) in [5, 5.41) is 0. The van der Waals surface area contributed by atoms with Crippen molar-refractivity contribution in [2.45, 2.75) is 64.5 Å². The van der Waals surface area contributed by atoms with Gasteiger partial charge in [-0.25, -0.2) is 0 Å². The lowest BCUT2D eigenvalue weighted by Gasteiger charge is -2.01. The Morgan fingerprint density at radius 1 is 1.00 bits per heavy atom. The number of hydrogen-bond acceptors (Lipinski definition) is 2. The molecule has 0 N–H and O–H groups in total. The van der Waals surface area contributed by atoms with E-state index in [1.54, 1.807) is 6.92 Å². The summed E-state index contributed by atoms with van der Waals surface area (Å²) in [5.74, 6) is 0.537. The minimum absolute atomic E-state index is 0.153. The van der Waals surface area contributed by atoms with Crippen LogP contribution in [0.25, 0.3) is 0 Å². The van der Waals surface area contributed by atoms with Gasteiger partial charge in [0.05, 0.1) is 0 Å². The molecule has 0 rings (SSSR count). The van der Waals surface area contributed by atoms with Crippen LogP contribution < -0.4 is 0 Å². The Labute approximate surface area is 108 Å². The number of carbonyl (C=O) groups excluding carboxylic acids is 2. The zero-order valence-electron chi connectivity index (χ0n) is 11.2. The fraction of sp³-hybridized carbons (Fsp3) is 0.714. The zero-order valence-corrected chi connectivity index (χ0v) is 12.2. The van der Waals surface area contributed by atoms with Crippen LogP contribution >= 0.6 is 0 Å². The van der Waals surface area contributed by atoms with Crippen LogP contribution in [0.15, 0.2) is 12.2 Å². The first kappa shape index (κ1) is 16.3. The van der Waals surface area contributed by atoms with Crippen molar-refractivity contribution >= 4 is 21.1 Å². The topological polar surface area (TPSA) is 34.1 Å². The van der Waals surface area contributed by atoms with Gasteiger partial charge in [0.2, 0.25) is 0 Å². The SMILES string of the molecule is C=C(C)C(=O)CCCCCC(=O)CCC[Si]C. The lowest BCUT2D eigenvalue weighted by atomic mass is 10.0. The Morgan fingerprint density at radius 2 is 1.59 bits per heavy atom. The van der Waals surface area contributed by atoms with E-state index in [4.69, 9.17) is 0 Å². The molecule has 0 aliphatic rings. The summed E-state index contributed by atoms with van der Waals surface area (Å²) in [6.45, 7) is 7.54. The second kappa shape index (κ2) is 10.5. The Bertz CT molecular complexity index is 259. The van der Waals surface area contributed by atoms with Gasteiger partial charge in [0.15, 0.2) is 5.78 Å². The maximum absolute atomic E-state index is 11.4. The van der Waals surface area contributed by atoms with E-state index in [0.29, 0.717) is 24.2 Å². The highest BCUT2D eigenvalue weighted by atomic mass is 28.2. The fourth-order valence-corrected chi connectivity index (χ4v) is 2.12. The Balaban J connectivity index is 3.36. The van der Waals surface area contributed by atoms with Crippen molar-refractivity contribution in [3.63, 3.8) is 0 Å². The summed E-state index contributed by atoms with van der Waals surface area (Å²) in [6.07, 6.45) is 5.84. The van der Waals surface area contributed by atoms with Gasteiger partial charge in [-0.05, 0) is 31.8 Å². The van der Waals surface area contributed by atoms with Crippen molar-refractivity contribution < 1.29 is 9.59 Å². The van der Waals surface area contributed by atoms with Crippen LogP contribution in [0.2, 0.25) is 12.6 Å². The molecule has 0 aromatic rings. The molecule has 2 radical (unpaired) electrons. The third kappa shape index (κ3) is 10.2. The molecule has 0 saturated carbocycles. The number of hydrogen-bond donors (Lipinski definition) is 0. The number of Topliss-reactive ketones (excluding diaryl/α,β-unsaturated/α-hetero) is 2. The first-order valence-corrected chi connectivity index (χ1v) is 8.13. The van der Waals surface area contributed by atoms with E-state index in [-0.39, 0.29) is 5.78 Å².